The van der Waals surface area contributed by atoms with E-state index in [0.717, 1.165) is 6.33 Å². The van der Waals surface area contributed by atoms with E-state index in [1.54, 1.807) is 0 Å². The van der Waals surface area contributed by atoms with Gasteiger partial charge in [-0.15, -0.1) is 0 Å². The van der Waals surface area contributed by atoms with E-state index in [0.29, 0.717) is 0 Å². The van der Waals surface area contributed by atoms with Gasteiger partial charge in [-0.2, -0.15) is 8.88 Å². The van der Waals surface area contributed by atoms with Crippen molar-refractivity contribution >= 4 is 44.5 Å². The number of imidazole rings is 1. The third-order valence-corrected chi connectivity index (χ3v) is 9.67. The Bertz CT molecular complexity index is 1700. The van der Waals surface area contributed by atoms with Crippen molar-refractivity contribution in [1.82, 2.24) is 19.5 Å². The summed E-state index contributed by atoms with van der Waals surface area (Å²) in [6.45, 7) is -1.82. The summed E-state index contributed by atoms with van der Waals surface area (Å²) in [6.07, 6.45) is -8.27. The van der Waals surface area contributed by atoms with Crippen LogP contribution < -0.4 is 21.4 Å². The zero-order valence-corrected chi connectivity index (χ0v) is 25.4. The SMILES string of the molecule is CNc1nc2c(N)ncnc2n1C1OC(COP(=O)(O)OP(=O)(O)OCC2OC([n+]3cccc(C(N)=O)c3)C(O)C2O)C(O)C1O. The first-order valence-corrected chi connectivity index (χ1v) is 16.3. The lowest BCUT2D eigenvalue weighted by molar-refractivity contribution is -0.765. The molecule has 2 aliphatic heterocycles. The van der Waals surface area contributed by atoms with E-state index in [4.69, 9.17) is 30.0 Å². The van der Waals surface area contributed by atoms with Gasteiger partial charge in [-0.3, -0.25) is 18.4 Å². The van der Waals surface area contributed by atoms with Crippen molar-refractivity contribution in [3.8, 4) is 0 Å². The summed E-state index contributed by atoms with van der Waals surface area (Å²) in [6, 6.07) is 2.83. The monoisotopic (exact) mass is 693 g/mol. The lowest BCUT2D eigenvalue weighted by Crippen LogP contribution is -2.46. The largest absolute Gasteiger partial charge is 0.481 e. The van der Waals surface area contributed by atoms with Crippen LogP contribution in [0.1, 0.15) is 22.8 Å². The minimum atomic E-state index is -5.40. The first kappa shape index (κ1) is 34.1. The number of aliphatic hydroxyl groups excluding tert-OH is 4. The van der Waals surface area contributed by atoms with Crippen molar-refractivity contribution in [2.75, 3.05) is 31.3 Å². The molecular weight excluding hydrogens is 662 g/mol. The summed E-state index contributed by atoms with van der Waals surface area (Å²) >= 11 is 0. The minimum Gasteiger partial charge on any atom is -0.387 e. The van der Waals surface area contributed by atoms with Crippen molar-refractivity contribution in [3.63, 3.8) is 0 Å². The standard InChI is InChI=1S/C22H30N8O14P2/c1-25-22-28-12-17(23)26-8-27-19(12)30(22)21-16(34)14(32)11(43-21)7-41-46(38,39)44-45(36,37)40-6-10-13(31)15(33)20(42-10)29-4-2-3-9(5-29)18(24)35/h2-5,8,10-11,13-16,20-21,31-34H,6-7H2,1H3,(H6-,23,24,25,26,27,28,35,36,37,38,39)/p+1. The molecule has 0 aromatic carbocycles. The number of amides is 1. The van der Waals surface area contributed by atoms with Crippen molar-refractivity contribution < 1.29 is 71.5 Å². The molecule has 24 heteroatoms. The van der Waals surface area contributed by atoms with Gasteiger partial charge in [0.1, 0.15) is 42.4 Å². The number of hydrogen-bond donors (Lipinski definition) is 9. The fourth-order valence-corrected chi connectivity index (χ4v) is 6.94. The quantitative estimate of drug-likeness (QED) is 0.0675. The van der Waals surface area contributed by atoms with Crippen molar-refractivity contribution in [1.29, 1.82) is 0 Å². The Morgan fingerprint density at radius 2 is 1.67 bits per heavy atom. The second kappa shape index (κ2) is 13.1. The maximum absolute atomic E-state index is 12.5. The topological polar surface area (TPSA) is 330 Å². The van der Waals surface area contributed by atoms with Crippen LogP contribution in [-0.2, 0) is 32.0 Å². The third kappa shape index (κ3) is 6.89. The molecule has 10 atom stereocenters. The van der Waals surface area contributed by atoms with Gasteiger partial charge in [0, 0.05) is 13.1 Å². The summed E-state index contributed by atoms with van der Waals surface area (Å²) < 4.78 is 52.4. The number of nitrogens with one attached hydrogen (secondary N) is 1. The number of anilines is 2. The van der Waals surface area contributed by atoms with Crippen LogP contribution in [0.2, 0.25) is 0 Å². The molecule has 0 bridgehead atoms. The highest BCUT2D eigenvalue weighted by Gasteiger charge is 2.50. The number of primary amides is 1. The number of phosphoric acid groups is 2. The number of aliphatic hydroxyl groups is 4. The normalized spacial score (nSPS) is 30.7. The molecular formula is C22H31N8O14P2+. The molecule has 11 N–H and O–H groups in total. The number of fused-ring (bicyclic) bond motifs is 1. The van der Waals surface area contributed by atoms with Gasteiger partial charge in [0.05, 0.1) is 13.2 Å². The Balaban J connectivity index is 1.18. The minimum absolute atomic E-state index is 0.0288. The van der Waals surface area contributed by atoms with Gasteiger partial charge in [0.2, 0.25) is 5.95 Å². The second-order valence-electron chi connectivity index (χ2n) is 10.1. The maximum atomic E-state index is 12.5. The van der Waals surface area contributed by atoms with E-state index in [1.807, 2.05) is 0 Å². The first-order chi connectivity index (χ1) is 21.6. The number of hydrogen-bond acceptors (Lipinski definition) is 17. The number of pyridine rings is 1. The highest BCUT2D eigenvalue weighted by Crippen LogP contribution is 2.60. The van der Waals surface area contributed by atoms with Crippen LogP contribution >= 0.6 is 15.6 Å². The Labute approximate surface area is 258 Å². The van der Waals surface area contributed by atoms with Gasteiger partial charge < -0.3 is 56.5 Å². The van der Waals surface area contributed by atoms with Gasteiger partial charge in [0.25, 0.3) is 12.1 Å². The van der Waals surface area contributed by atoms with Crippen LogP contribution in [0.3, 0.4) is 0 Å². The second-order valence-corrected chi connectivity index (χ2v) is 13.1. The molecule has 5 heterocycles. The molecule has 3 aromatic heterocycles. The number of ether oxygens (including phenoxy) is 2. The molecule has 46 heavy (non-hydrogen) atoms. The van der Waals surface area contributed by atoms with Gasteiger partial charge in [-0.1, -0.05) is 0 Å². The number of phosphoric ester groups is 2. The predicted octanol–water partition coefficient (Wildman–Crippen LogP) is -2.97. The third-order valence-electron chi connectivity index (χ3n) is 7.07. The summed E-state index contributed by atoms with van der Waals surface area (Å²) in [5, 5.41) is 44.8. The highest BCUT2D eigenvalue weighted by molar-refractivity contribution is 7.61. The van der Waals surface area contributed by atoms with Crippen LogP contribution in [0.25, 0.3) is 11.2 Å². The molecule has 3 aromatic rings. The lowest BCUT2D eigenvalue weighted by atomic mass is 10.1. The van der Waals surface area contributed by atoms with Crippen LogP contribution in [0.5, 0.6) is 0 Å². The van der Waals surface area contributed by atoms with E-state index < -0.39 is 83.8 Å². The molecule has 2 aliphatic rings. The highest BCUT2D eigenvalue weighted by atomic mass is 31.3. The maximum Gasteiger partial charge on any atom is 0.481 e. The Morgan fingerprint density at radius 3 is 2.30 bits per heavy atom. The van der Waals surface area contributed by atoms with Gasteiger partial charge in [-0.05, 0) is 6.07 Å². The summed E-state index contributed by atoms with van der Waals surface area (Å²) in [4.78, 5) is 43.8. The smallest absolute Gasteiger partial charge is 0.387 e. The van der Waals surface area contributed by atoms with E-state index in [-0.39, 0.29) is 28.5 Å². The molecule has 0 radical (unpaired) electrons. The molecule has 10 unspecified atom stereocenters. The van der Waals surface area contributed by atoms with E-state index in [9.17, 15) is 44.1 Å². The average Bonchev–Trinajstić information content (AvgIpc) is 3.61. The number of nitrogen functional groups attached to an aromatic ring is 1. The number of carbonyl (C=O) groups excluding carboxylic acids is 1. The van der Waals surface area contributed by atoms with Crippen LogP contribution in [0, 0.1) is 0 Å². The molecule has 22 nitrogen and oxygen atoms in total. The van der Waals surface area contributed by atoms with Crippen molar-refractivity contribution in [2.24, 2.45) is 5.73 Å². The predicted molar refractivity (Wildman–Crippen MR) is 149 cm³/mol. The Hall–Kier alpha value is -3.21. The Morgan fingerprint density at radius 1 is 1.04 bits per heavy atom. The fourth-order valence-electron chi connectivity index (χ4n) is 4.85. The molecule has 0 aliphatic carbocycles. The number of rotatable bonds is 12. The van der Waals surface area contributed by atoms with Crippen LogP contribution in [0.4, 0.5) is 11.8 Å². The van der Waals surface area contributed by atoms with Gasteiger partial charge in [0.15, 0.2) is 41.7 Å². The molecule has 5 rings (SSSR count). The van der Waals surface area contributed by atoms with Gasteiger partial charge >= 0.3 is 15.6 Å². The lowest BCUT2D eigenvalue weighted by Gasteiger charge is -2.20. The van der Waals surface area contributed by atoms with E-state index in [2.05, 4.69) is 24.6 Å². The molecule has 0 spiro atoms. The number of aromatic nitrogens is 5. The Kier molecular flexibility index (Phi) is 9.74. The number of nitrogens with zero attached hydrogens (tertiary/aromatic N) is 5. The van der Waals surface area contributed by atoms with Crippen LogP contribution in [-0.4, -0.2) is 113 Å². The molecule has 2 fully saturated rings. The molecule has 252 valence electrons. The number of nitrogens with two attached hydrogens (primary N) is 2. The van der Waals surface area contributed by atoms with E-state index >= 15 is 0 Å². The molecule has 0 saturated carbocycles. The first-order valence-electron chi connectivity index (χ1n) is 13.3. The fraction of sp³-hybridized carbons (Fsp3) is 0.500. The van der Waals surface area contributed by atoms with E-state index in [1.165, 1.54) is 40.7 Å². The van der Waals surface area contributed by atoms with Gasteiger partial charge in [-0.25, -0.2) is 24.1 Å². The number of carbonyl (C=O) groups is 1. The zero-order valence-electron chi connectivity index (χ0n) is 23.7. The summed E-state index contributed by atoms with van der Waals surface area (Å²) in [7, 11) is -9.27. The van der Waals surface area contributed by atoms with Crippen LogP contribution in [0.15, 0.2) is 30.9 Å². The summed E-state index contributed by atoms with van der Waals surface area (Å²) in [5.74, 6) is -0.611. The zero-order chi connectivity index (χ0) is 33.6. The summed E-state index contributed by atoms with van der Waals surface area (Å²) in [5.41, 5.74) is 11.5. The van der Waals surface area contributed by atoms with Crippen molar-refractivity contribution in [3.05, 3.63) is 36.4 Å². The molecule has 1 amide bonds. The average molecular weight is 693 g/mol. The van der Waals surface area contributed by atoms with Crippen molar-refractivity contribution in [2.45, 2.75) is 49.1 Å². The molecule has 2 saturated heterocycles.